The average molecular weight is 578 g/mol. The van der Waals surface area contributed by atoms with Gasteiger partial charge in [-0.15, -0.1) is 0 Å². The number of fused-ring (bicyclic) bond motifs is 3. The molecule has 0 N–H and O–H groups in total. The Bertz CT molecular complexity index is 1580. The monoisotopic (exact) mass is 576 g/mol. The molecule has 6 nitrogen and oxygen atoms in total. The van der Waals surface area contributed by atoms with Crippen LogP contribution in [0.4, 0.5) is 5.69 Å². The van der Waals surface area contributed by atoms with Crippen molar-refractivity contribution < 1.29 is 19.2 Å². The number of nitrogens with zero attached hydrogens (tertiary/aromatic N) is 2. The molecule has 3 aromatic carbocycles. The highest BCUT2D eigenvalue weighted by atomic mass is 35.5. The van der Waals surface area contributed by atoms with Crippen LogP contribution in [0.5, 0.6) is 0 Å². The quantitative estimate of drug-likeness (QED) is 0.274. The van der Waals surface area contributed by atoms with Crippen molar-refractivity contribution >= 4 is 63.9 Å². The Hall–Kier alpha value is -3.71. The van der Waals surface area contributed by atoms with Crippen molar-refractivity contribution in [2.75, 3.05) is 4.90 Å². The van der Waals surface area contributed by atoms with Gasteiger partial charge in [-0.25, -0.2) is 4.90 Å². The number of carbonyl (C=O) groups is 4. The van der Waals surface area contributed by atoms with Crippen LogP contribution in [0, 0.1) is 11.8 Å². The minimum atomic E-state index is -0.990. The Morgan fingerprint density at radius 3 is 2.03 bits per heavy atom. The third-order valence-electron chi connectivity index (χ3n) is 7.35. The van der Waals surface area contributed by atoms with E-state index in [-0.39, 0.29) is 27.3 Å². The Balaban J connectivity index is 1.44. The molecule has 0 saturated carbocycles. The molecule has 2 fully saturated rings. The van der Waals surface area contributed by atoms with Crippen LogP contribution in [0.25, 0.3) is 0 Å². The molecule has 0 spiro atoms. The Morgan fingerprint density at radius 2 is 1.36 bits per heavy atom. The first kappa shape index (κ1) is 25.6. The fourth-order valence-electron chi connectivity index (χ4n) is 5.66. The van der Waals surface area contributed by atoms with Crippen LogP contribution in [0.1, 0.15) is 20.7 Å². The zero-order valence-corrected chi connectivity index (χ0v) is 22.4. The highest BCUT2D eigenvalue weighted by Crippen LogP contribution is 2.47. The van der Waals surface area contributed by atoms with Crippen LogP contribution < -0.4 is 4.90 Å². The summed E-state index contributed by atoms with van der Waals surface area (Å²) in [4.78, 5) is 57.7. The topological polar surface area (TPSA) is 74.8 Å². The molecule has 3 aromatic rings. The van der Waals surface area contributed by atoms with Crippen molar-refractivity contribution in [3.63, 3.8) is 0 Å². The largest absolute Gasteiger partial charge is 0.359 e. The van der Waals surface area contributed by atoms with E-state index in [1.165, 1.54) is 18.2 Å². The van der Waals surface area contributed by atoms with Crippen molar-refractivity contribution in [2.24, 2.45) is 11.8 Å². The van der Waals surface area contributed by atoms with Gasteiger partial charge in [-0.3, -0.25) is 19.2 Å². The molecule has 3 heterocycles. The van der Waals surface area contributed by atoms with Crippen LogP contribution >= 0.6 is 34.8 Å². The molecule has 4 atom stereocenters. The number of hydrogen-bond acceptors (Lipinski definition) is 5. The molecule has 39 heavy (non-hydrogen) atoms. The predicted octanol–water partition coefficient (Wildman–Crippen LogP) is 6.02. The van der Waals surface area contributed by atoms with Gasteiger partial charge in [0.05, 0.1) is 23.6 Å². The molecule has 2 amide bonds. The molecular formula is C30H19Cl3N2O4. The van der Waals surface area contributed by atoms with Gasteiger partial charge in [0.15, 0.2) is 11.6 Å². The van der Waals surface area contributed by atoms with Gasteiger partial charge in [-0.1, -0.05) is 71.2 Å². The average Bonchev–Trinajstić information content (AvgIpc) is 3.39. The molecule has 2 saturated heterocycles. The number of allylic oxidation sites excluding steroid dienone is 2. The van der Waals surface area contributed by atoms with E-state index in [4.69, 9.17) is 34.8 Å². The van der Waals surface area contributed by atoms with Gasteiger partial charge in [0.1, 0.15) is 6.04 Å². The number of amides is 2. The number of Topliss-reactive ketones (excluding diaryl/α,β-unsaturated/α-hetero) is 2. The van der Waals surface area contributed by atoms with Crippen molar-refractivity contribution in [1.82, 2.24) is 4.90 Å². The van der Waals surface area contributed by atoms with Crippen LogP contribution in [0.15, 0.2) is 96.7 Å². The summed E-state index contributed by atoms with van der Waals surface area (Å²) in [5, 5.41) is 0.998. The molecule has 0 bridgehead atoms. The minimum absolute atomic E-state index is 0.217. The molecular weight excluding hydrogens is 559 g/mol. The number of hydrogen-bond donors (Lipinski definition) is 0. The molecule has 194 valence electrons. The lowest BCUT2D eigenvalue weighted by molar-refractivity contribution is -0.123. The number of carbonyl (C=O) groups excluding carboxylic acids is 4. The third-order valence-corrected chi connectivity index (χ3v) is 8.04. The summed E-state index contributed by atoms with van der Waals surface area (Å²) in [6.45, 7) is 0. The maximum atomic E-state index is 13.9. The summed E-state index contributed by atoms with van der Waals surface area (Å²) < 4.78 is 0. The first-order chi connectivity index (χ1) is 18.7. The van der Waals surface area contributed by atoms with Crippen molar-refractivity contribution in [3.8, 4) is 0 Å². The normalized spacial score (nSPS) is 23.5. The molecule has 6 rings (SSSR count). The lowest BCUT2D eigenvalue weighted by Crippen LogP contribution is -2.46. The molecule has 3 aliphatic rings. The number of halogens is 3. The molecule has 9 heteroatoms. The highest BCUT2D eigenvalue weighted by Gasteiger charge is 2.63. The Labute approximate surface area is 239 Å². The summed E-state index contributed by atoms with van der Waals surface area (Å²) in [5.41, 5.74) is 1.47. The summed E-state index contributed by atoms with van der Waals surface area (Å²) in [7, 11) is 0. The van der Waals surface area contributed by atoms with E-state index >= 15 is 0 Å². The van der Waals surface area contributed by atoms with Gasteiger partial charge in [-0.05, 0) is 48.5 Å². The van der Waals surface area contributed by atoms with E-state index in [1.807, 2.05) is 6.07 Å². The van der Waals surface area contributed by atoms with E-state index in [9.17, 15) is 19.2 Å². The molecule has 3 aliphatic heterocycles. The molecule has 0 aliphatic carbocycles. The first-order valence-electron chi connectivity index (χ1n) is 12.2. The van der Waals surface area contributed by atoms with Gasteiger partial charge in [0.2, 0.25) is 11.8 Å². The fourth-order valence-corrected chi connectivity index (χ4v) is 6.30. The second-order valence-corrected chi connectivity index (χ2v) is 10.9. The molecule has 4 unspecified atom stereocenters. The molecule has 0 aromatic heterocycles. The maximum absolute atomic E-state index is 13.9. The van der Waals surface area contributed by atoms with Crippen molar-refractivity contribution in [1.29, 1.82) is 0 Å². The van der Waals surface area contributed by atoms with E-state index in [2.05, 4.69) is 0 Å². The van der Waals surface area contributed by atoms with Crippen LogP contribution in [-0.2, 0) is 9.59 Å². The smallest absolute Gasteiger partial charge is 0.240 e. The predicted molar refractivity (Wildman–Crippen MR) is 149 cm³/mol. The van der Waals surface area contributed by atoms with Crippen LogP contribution in [-0.4, -0.2) is 40.4 Å². The second kappa shape index (κ2) is 9.79. The van der Waals surface area contributed by atoms with Gasteiger partial charge in [0, 0.05) is 38.0 Å². The number of imide groups is 1. The SMILES string of the molecule is O=C(C1=CC2C3C(=O)N(c4cc(Cl)cc(Cl)c4)C(=O)C3C(C(=O)c3ccc(Cl)cc3)N2C=C1)c1ccccc1. The van der Waals surface area contributed by atoms with E-state index in [1.54, 1.807) is 71.8 Å². The second-order valence-electron chi connectivity index (χ2n) is 9.58. The minimum Gasteiger partial charge on any atom is -0.359 e. The number of ketones is 2. The van der Waals surface area contributed by atoms with Gasteiger partial charge >= 0.3 is 0 Å². The molecule has 0 radical (unpaired) electrons. The summed E-state index contributed by atoms with van der Waals surface area (Å²) in [6.07, 6.45) is 4.94. The maximum Gasteiger partial charge on any atom is 0.240 e. The standard InChI is InChI=1S/C30H19Cl3N2O4/c31-19-8-6-17(7-9-19)28(37)26-25-24(29(38)35(30(25)39)22-14-20(32)13-21(33)15-22)23-12-18(10-11-34(23)26)27(36)16-4-2-1-3-5-16/h1-15,23-26H. The Kier molecular flexibility index (Phi) is 6.42. The number of anilines is 1. The van der Waals surface area contributed by atoms with E-state index in [0.717, 1.165) is 4.90 Å². The van der Waals surface area contributed by atoms with E-state index in [0.29, 0.717) is 21.7 Å². The summed E-state index contributed by atoms with van der Waals surface area (Å²) in [6, 6.07) is 18.0. The zero-order chi connectivity index (χ0) is 27.4. The number of rotatable bonds is 5. The first-order valence-corrected chi connectivity index (χ1v) is 13.3. The summed E-state index contributed by atoms with van der Waals surface area (Å²) in [5.74, 6) is -3.45. The lowest BCUT2D eigenvalue weighted by Gasteiger charge is -2.32. The Morgan fingerprint density at radius 1 is 0.718 bits per heavy atom. The van der Waals surface area contributed by atoms with Gasteiger partial charge < -0.3 is 4.90 Å². The highest BCUT2D eigenvalue weighted by molar-refractivity contribution is 6.36. The van der Waals surface area contributed by atoms with Crippen molar-refractivity contribution in [3.05, 3.63) is 123 Å². The number of benzene rings is 3. The zero-order valence-electron chi connectivity index (χ0n) is 20.1. The summed E-state index contributed by atoms with van der Waals surface area (Å²) >= 11 is 18.4. The van der Waals surface area contributed by atoms with E-state index < -0.39 is 35.7 Å². The van der Waals surface area contributed by atoms with Crippen LogP contribution in [0.2, 0.25) is 15.1 Å². The van der Waals surface area contributed by atoms with Crippen LogP contribution in [0.3, 0.4) is 0 Å². The van der Waals surface area contributed by atoms with Crippen molar-refractivity contribution in [2.45, 2.75) is 12.1 Å². The fraction of sp³-hybridized carbons (Fsp3) is 0.133. The lowest BCUT2D eigenvalue weighted by atomic mass is 9.85. The van der Waals surface area contributed by atoms with Gasteiger partial charge in [0.25, 0.3) is 0 Å². The van der Waals surface area contributed by atoms with Gasteiger partial charge in [-0.2, -0.15) is 0 Å². The third kappa shape index (κ3) is 4.29.